The summed E-state index contributed by atoms with van der Waals surface area (Å²) in [5, 5.41) is 12.0. The van der Waals surface area contributed by atoms with Gasteiger partial charge < -0.3 is 15.4 Å². The molecular weight excluding hydrogens is 537 g/mol. The van der Waals surface area contributed by atoms with Crippen LogP contribution in [0.25, 0.3) is 5.69 Å². The van der Waals surface area contributed by atoms with Crippen molar-refractivity contribution in [3.63, 3.8) is 0 Å². The van der Waals surface area contributed by atoms with Gasteiger partial charge in [-0.15, -0.1) is 0 Å². The maximum Gasteiger partial charge on any atom is 0.418 e. The Morgan fingerprint density at radius 1 is 0.927 bits per heavy atom. The van der Waals surface area contributed by atoms with E-state index in [4.69, 9.17) is 4.74 Å². The number of ether oxygens (including phenoxy) is 1. The predicted octanol–water partition coefficient (Wildman–Crippen LogP) is 6.69. The number of halogens is 3. The SMILES string of the molecule is CNC(=O)c1cc(Oc2ccc(NC(=O)Nc3cc(C(C)(C)C)nn3-c3cccc(C)c3)c(C(F)(F)F)c2)ccn1. The number of carbonyl (C=O) groups is 2. The summed E-state index contributed by atoms with van der Waals surface area (Å²) in [6.07, 6.45) is -3.51. The van der Waals surface area contributed by atoms with Crippen molar-refractivity contribution < 1.29 is 27.5 Å². The first-order valence-electron chi connectivity index (χ1n) is 12.6. The molecule has 214 valence electrons. The molecule has 4 aromatic rings. The van der Waals surface area contributed by atoms with Crippen LogP contribution in [-0.4, -0.2) is 33.8 Å². The van der Waals surface area contributed by atoms with E-state index in [2.05, 4.69) is 26.0 Å². The van der Waals surface area contributed by atoms with E-state index in [9.17, 15) is 22.8 Å². The van der Waals surface area contributed by atoms with Gasteiger partial charge in [0.05, 0.1) is 22.6 Å². The Morgan fingerprint density at radius 2 is 1.66 bits per heavy atom. The molecule has 0 atom stereocenters. The first kappa shape index (κ1) is 29.1. The number of amides is 3. The fourth-order valence-electron chi connectivity index (χ4n) is 3.86. The van der Waals surface area contributed by atoms with Crippen LogP contribution in [0.5, 0.6) is 11.5 Å². The van der Waals surface area contributed by atoms with Gasteiger partial charge in [-0.2, -0.15) is 18.3 Å². The van der Waals surface area contributed by atoms with Crippen molar-refractivity contribution >= 4 is 23.4 Å². The Morgan fingerprint density at radius 3 is 2.32 bits per heavy atom. The Labute approximate surface area is 234 Å². The molecule has 0 spiro atoms. The van der Waals surface area contributed by atoms with Gasteiger partial charge in [0.2, 0.25) is 0 Å². The van der Waals surface area contributed by atoms with E-state index in [-0.39, 0.29) is 28.4 Å². The number of hydrogen-bond acceptors (Lipinski definition) is 5. The lowest BCUT2D eigenvalue weighted by Crippen LogP contribution is -2.23. The highest BCUT2D eigenvalue weighted by Crippen LogP contribution is 2.38. The van der Waals surface area contributed by atoms with E-state index in [0.717, 1.165) is 17.7 Å². The summed E-state index contributed by atoms with van der Waals surface area (Å²) in [6, 6.07) is 14.1. The van der Waals surface area contributed by atoms with Crippen LogP contribution in [0.15, 0.2) is 66.9 Å². The molecule has 0 aliphatic heterocycles. The summed E-state index contributed by atoms with van der Waals surface area (Å²) in [5.74, 6) is -0.222. The average molecular weight is 567 g/mol. The molecule has 4 rings (SSSR count). The van der Waals surface area contributed by atoms with Crippen LogP contribution in [0, 0.1) is 6.92 Å². The quantitative estimate of drug-likeness (QED) is 0.241. The molecule has 3 amide bonds. The number of anilines is 2. The molecule has 2 heterocycles. The molecule has 0 aliphatic carbocycles. The second-order valence-electron chi connectivity index (χ2n) is 10.3. The highest BCUT2D eigenvalue weighted by Gasteiger charge is 2.35. The van der Waals surface area contributed by atoms with Crippen molar-refractivity contribution in [2.24, 2.45) is 0 Å². The zero-order valence-electron chi connectivity index (χ0n) is 23.1. The fraction of sp³-hybridized carbons (Fsp3) is 0.241. The lowest BCUT2D eigenvalue weighted by Gasteiger charge is -2.16. The largest absolute Gasteiger partial charge is 0.457 e. The molecular formula is C29H29F3N6O3. The Kier molecular flexibility index (Phi) is 8.04. The fourth-order valence-corrected chi connectivity index (χ4v) is 3.86. The van der Waals surface area contributed by atoms with Crippen LogP contribution in [0.4, 0.5) is 29.5 Å². The molecule has 2 aromatic carbocycles. The molecule has 0 fully saturated rings. The Bertz CT molecular complexity index is 1590. The average Bonchev–Trinajstić information content (AvgIpc) is 3.33. The number of carbonyl (C=O) groups excluding carboxylic acids is 2. The summed E-state index contributed by atoms with van der Waals surface area (Å²) in [6.45, 7) is 7.80. The molecule has 41 heavy (non-hydrogen) atoms. The van der Waals surface area contributed by atoms with Crippen molar-refractivity contribution in [3.8, 4) is 17.2 Å². The third-order valence-corrected chi connectivity index (χ3v) is 5.94. The van der Waals surface area contributed by atoms with Crippen molar-refractivity contribution in [2.75, 3.05) is 17.7 Å². The highest BCUT2D eigenvalue weighted by molar-refractivity contribution is 6.00. The zero-order valence-corrected chi connectivity index (χ0v) is 23.1. The van der Waals surface area contributed by atoms with Gasteiger partial charge in [0.1, 0.15) is 23.0 Å². The van der Waals surface area contributed by atoms with Gasteiger partial charge in [-0.05, 0) is 48.9 Å². The number of alkyl halides is 3. The third-order valence-electron chi connectivity index (χ3n) is 5.94. The lowest BCUT2D eigenvalue weighted by atomic mass is 9.92. The monoisotopic (exact) mass is 566 g/mol. The van der Waals surface area contributed by atoms with Gasteiger partial charge >= 0.3 is 12.2 Å². The van der Waals surface area contributed by atoms with Gasteiger partial charge in [0.15, 0.2) is 0 Å². The highest BCUT2D eigenvalue weighted by atomic mass is 19.4. The minimum absolute atomic E-state index is 0.0375. The van der Waals surface area contributed by atoms with Crippen LogP contribution >= 0.6 is 0 Å². The van der Waals surface area contributed by atoms with Crippen LogP contribution in [0.3, 0.4) is 0 Å². The minimum Gasteiger partial charge on any atom is -0.457 e. The van der Waals surface area contributed by atoms with E-state index >= 15 is 0 Å². The number of rotatable bonds is 6. The third kappa shape index (κ3) is 7.02. The molecule has 0 radical (unpaired) electrons. The Hall–Kier alpha value is -4.87. The molecule has 9 nitrogen and oxygen atoms in total. The van der Waals surface area contributed by atoms with E-state index in [1.54, 1.807) is 6.07 Å². The van der Waals surface area contributed by atoms with E-state index in [1.807, 2.05) is 52.0 Å². The van der Waals surface area contributed by atoms with Crippen LogP contribution in [0.1, 0.15) is 48.1 Å². The summed E-state index contributed by atoms with van der Waals surface area (Å²) < 4.78 is 49.1. The summed E-state index contributed by atoms with van der Waals surface area (Å²) in [5.41, 5.74) is 0.438. The van der Waals surface area contributed by atoms with Crippen molar-refractivity contribution in [3.05, 3.63) is 89.4 Å². The first-order chi connectivity index (χ1) is 19.2. The van der Waals surface area contributed by atoms with Crippen LogP contribution < -0.4 is 20.7 Å². The molecule has 0 saturated heterocycles. The second kappa shape index (κ2) is 11.3. The number of urea groups is 1. The van der Waals surface area contributed by atoms with Crippen molar-refractivity contribution in [1.82, 2.24) is 20.1 Å². The summed E-state index contributed by atoms with van der Waals surface area (Å²) >= 11 is 0. The van der Waals surface area contributed by atoms with Crippen molar-refractivity contribution in [2.45, 2.75) is 39.3 Å². The Balaban J connectivity index is 1.60. The van der Waals surface area contributed by atoms with E-state index < -0.39 is 29.4 Å². The number of nitrogens with zero attached hydrogens (tertiary/aromatic N) is 3. The maximum absolute atomic E-state index is 14.0. The van der Waals surface area contributed by atoms with E-state index in [1.165, 1.54) is 36.1 Å². The lowest BCUT2D eigenvalue weighted by molar-refractivity contribution is -0.137. The van der Waals surface area contributed by atoms with Crippen molar-refractivity contribution in [1.29, 1.82) is 0 Å². The number of benzene rings is 2. The number of aromatic nitrogens is 3. The normalized spacial score (nSPS) is 11.6. The van der Waals surface area contributed by atoms with Crippen LogP contribution in [-0.2, 0) is 11.6 Å². The van der Waals surface area contributed by atoms with Gasteiger partial charge in [-0.3, -0.25) is 15.1 Å². The van der Waals surface area contributed by atoms with E-state index in [0.29, 0.717) is 11.4 Å². The van der Waals surface area contributed by atoms with Gasteiger partial charge in [-0.25, -0.2) is 9.48 Å². The first-order valence-corrected chi connectivity index (χ1v) is 12.6. The molecule has 12 heteroatoms. The number of aryl methyl sites for hydroxylation is 1. The smallest absolute Gasteiger partial charge is 0.418 e. The second-order valence-corrected chi connectivity index (χ2v) is 10.3. The predicted molar refractivity (Wildman–Crippen MR) is 149 cm³/mol. The molecule has 0 saturated carbocycles. The molecule has 3 N–H and O–H groups in total. The van der Waals surface area contributed by atoms with Crippen LogP contribution in [0.2, 0.25) is 0 Å². The standard InChI is InChI=1S/C29H29F3N6O3/c1-17-7-6-8-18(13-17)38-25(16-24(37-38)28(2,3)4)36-27(40)35-22-10-9-19(14-21(22)29(30,31)32)41-20-11-12-34-23(15-20)26(39)33-5/h6-16H,1-5H3,(H,33,39)(H2,35,36,40). The summed E-state index contributed by atoms with van der Waals surface area (Å²) in [4.78, 5) is 28.7. The molecule has 2 aromatic heterocycles. The topological polar surface area (TPSA) is 110 Å². The maximum atomic E-state index is 14.0. The molecule has 0 bridgehead atoms. The zero-order chi connectivity index (χ0) is 29.9. The number of hydrogen-bond donors (Lipinski definition) is 3. The van der Waals surface area contributed by atoms with Gasteiger partial charge in [0.25, 0.3) is 5.91 Å². The number of pyridine rings is 1. The molecule has 0 unspecified atom stereocenters. The summed E-state index contributed by atoms with van der Waals surface area (Å²) in [7, 11) is 1.43. The molecule has 0 aliphatic rings. The van der Waals surface area contributed by atoms with Gasteiger partial charge in [0, 0.05) is 30.8 Å². The van der Waals surface area contributed by atoms with Gasteiger partial charge in [-0.1, -0.05) is 32.9 Å². The number of nitrogens with one attached hydrogen (secondary N) is 3. The minimum atomic E-state index is -4.81.